The van der Waals surface area contributed by atoms with Gasteiger partial charge in [0, 0.05) is 12.4 Å². The molecule has 1 heterocycles. The molecule has 2 nitrogen and oxygen atoms in total. The maximum atomic E-state index is 11.8. The van der Waals surface area contributed by atoms with Gasteiger partial charge >= 0.3 is 35.7 Å². The van der Waals surface area contributed by atoms with Crippen molar-refractivity contribution in [2.45, 2.75) is 6.18 Å². The molecule has 0 unspecified atom stereocenters. The Morgan fingerprint density at radius 3 is 1.85 bits per heavy atom. The molecule has 0 fully saturated rings. The SMILES string of the molecule is FC(F)(F)c1ncc(Br)cn1.[I-].[Na+]. The summed E-state index contributed by atoms with van der Waals surface area (Å²) in [5.74, 6) is -1.12. The van der Waals surface area contributed by atoms with E-state index >= 15 is 0 Å². The van der Waals surface area contributed by atoms with Crippen LogP contribution < -0.4 is 53.5 Å². The molecule has 0 N–H and O–H groups in total. The summed E-state index contributed by atoms with van der Waals surface area (Å²) in [6.45, 7) is 0. The maximum Gasteiger partial charge on any atom is 1.00 e. The molecule has 0 spiro atoms. The molecule has 0 atom stereocenters. The van der Waals surface area contributed by atoms with E-state index in [0.717, 1.165) is 12.4 Å². The van der Waals surface area contributed by atoms with Crippen molar-refractivity contribution in [1.82, 2.24) is 9.97 Å². The fraction of sp³-hybridized carbons (Fsp3) is 0.200. The van der Waals surface area contributed by atoms with Gasteiger partial charge in [-0.25, -0.2) is 9.97 Å². The van der Waals surface area contributed by atoms with Crippen LogP contribution in [0.5, 0.6) is 0 Å². The molecule has 68 valence electrons. The van der Waals surface area contributed by atoms with Crippen molar-refractivity contribution in [2.24, 2.45) is 0 Å². The Morgan fingerprint density at radius 1 is 1.15 bits per heavy atom. The molecule has 8 heteroatoms. The fourth-order valence-corrected chi connectivity index (χ4v) is 0.663. The topological polar surface area (TPSA) is 25.8 Å². The zero-order valence-electron chi connectivity index (χ0n) is 6.44. The van der Waals surface area contributed by atoms with Crippen molar-refractivity contribution >= 4 is 15.9 Å². The zero-order chi connectivity index (χ0) is 8.48. The molecule has 0 saturated heterocycles. The molecule has 1 aromatic heterocycles. The largest absolute Gasteiger partial charge is 1.00 e. The van der Waals surface area contributed by atoms with Crippen molar-refractivity contribution in [3.05, 3.63) is 22.7 Å². The quantitative estimate of drug-likeness (QED) is 0.344. The van der Waals surface area contributed by atoms with Gasteiger partial charge in [0.05, 0.1) is 4.47 Å². The molecule has 0 radical (unpaired) electrons. The van der Waals surface area contributed by atoms with Crippen LogP contribution in [0.15, 0.2) is 16.9 Å². The first-order valence-electron chi connectivity index (χ1n) is 2.55. The summed E-state index contributed by atoms with van der Waals surface area (Å²) in [5, 5.41) is 0. The molecule has 0 aliphatic heterocycles. The molecule has 0 aliphatic carbocycles. The first-order chi connectivity index (χ1) is 5.00. The molecular formula is C5H2BrF3IN2Na. The number of nitrogens with zero attached hydrogens (tertiary/aromatic N) is 2. The zero-order valence-corrected chi connectivity index (χ0v) is 12.2. The van der Waals surface area contributed by atoms with E-state index in [1.54, 1.807) is 0 Å². The van der Waals surface area contributed by atoms with Crippen molar-refractivity contribution in [1.29, 1.82) is 0 Å². The van der Waals surface area contributed by atoms with Gasteiger partial charge in [0.2, 0.25) is 5.82 Å². The molecule has 0 saturated carbocycles. The Hall–Kier alpha value is 1.08. The van der Waals surface area contributed by atoms with Gasteiger partial charge in [-0.2, -0.15) is 13.2 Å². The van der Waals surface area contributed by atoms with Gasteiger partial charge < -0.3 is 24.0 Å². The third kappa shape index (κ3) is 5.50. The predicted molar refractivity (Wildman–Crippen MR) is 34.7 cm³/mol. The standard InChI is InChI=1S/C5H2BrF3N2.HI.Na/c6-3-1-10-4(11-2-3)5(7,8)9;;/h1-2H;1H;/q;;+1/p-1. The fourth-order valence-electron chi connectivity index (χ4n) is 0.459. The van der Waals surface area contributed by atoms with Crippen LogP contribution in [-0.2, 0) is 6.18 Å². The molecule has 1 aromatic rings. The average Bonchev–Trinajstić information content (AvgIpc) is 1.86. The number of rotatable bonds is 0. The second-order valence-corrected chi connectivity index (χ2v) is 2.64. The Morgan fingerprint density at radius 2 is 1.54 bits per heavy atom. The Kier molecular flexibility index (Phi) is 8.31. The van der Waals surface area contributed by atoms with Gasteiger partial charge in [-0.15, -0.1) is 0 Å². The summed E-state index contributed by atoms with van der Waals surface area (Å²) < 4.78 is 35.8. The molecule has 0 amide bonds. The van der Waals surface area contributed by atoms with Crippen molar-refractivity contribution in [3.63, 3.8) is 0 Å². The van der Waals surface area contributed by atoms with Gasteiger partial charge in [-0.1, -0.05) is 0 Å². The van der Waals surface area contributed by atoms with Gasteiger partial charge in [-0.05, 0) is 15.9 Å². The van der Waals surface area contributed by atoms with Crippen LogP contribution in [0.3, 0.4) is 0 Å². The van der Waals surface area contributed by atoms with Crippen LogP contribution in [-0.4, -0.2) is 9.97 Å². The molecule has 0 aromatic carbocycles. The van der Waals surface area contributed by atoms with E-state index < -0.39 is 12.0 Å². The number of hydrogen-bond acceptors (Lipinski definition) is 2. The minimum atomic E-state index is -4.46. The van der Waals surface area contributed by atoms with Crippen molar-refractivity contribution < 1.29 is 66.7 Å². The summed E-state index contributed by atoms with van der Waals surface area (Å²) in [7, 11) is 0. The van der Waals surface area contributed by atoms with E-state index in [4.69, 9.17) is 0 Å². The number of hydrogen-bond donors (Lipinski definition) is 0. The van der Waals surface area contributed by atoms with Crippen LogP contribution in [0.1, 0.15) is 5.82 Å². The van der Waals surface area contributed by atoms with Crippen molar-refractivity contribution in [3.8, 4) is 0 Å². The van der Waals surface area contributed by atoms with E-state index in [9.17, 15) is 13.2 Å². The summed E-state index contributed by atoms with van der Waals surface area (Å²) in [6.07, 6.45) is -2.35. The first-order valence-corrected chi connectivity index (χ1v) is 3.34. The normalized spacial score (nSPS) is 9.85. The number of aromatic nitrogens is 2. The minimum absolute atomic E-state index is 0. The third-order valence-corrected chi connectivity index (χ3v) is 1.28. The second-order valence-electron chi connectivity index (χ2n) is 1.72. The van der Waals surface area contributed by atoms with Crippen LogP contribution in [0.25, 0.3) is 0 Å². The maximum absolute atomic E-state index is 11.8. The minimum Gasteiger partial charge on any atom is -1.00 e. The van der Waals surface area contributed by atoms with E-state index in [1.807, 2.05) is 0 Å². The molecular weight excluding hydrogens is 375 g/mol. The summed E-state index contributed by atoms with van der Waals surface area (Å²) in [5.41, 5.74) is 0. The summed E-state index contributed by atoms with van der Waals surface area (Å²) in [4.78, 5) is 6.13. The molecule has 13 heavy (non-hydrogen) atoms. The summed E-state index contributed by atoms with van der Waals surface area (Å²) >= 11 is 2.92. The first kappa shape index (κ1) is 16.5. The molecule has 0 bridgehead atoms. The van der Waals surface area contributed by atoms with E-state index in [0.29, 0.717) is 4.47 Å². The average molecular weight is 377 g/mol. The Labute approximate surface area is 120 Å². The smallest absolute Gasteiger partial charge is 1.00 e. The second kappa shape index (κ2) is 6.54. The van der Waals surface area contributed by atoms with Crippen LogP contribution >= 0.6 is 15.9 Å². The van der Waals surface area contributed by atoms with Gasteiger partial charge in [0.25, 0.3) is 0 Å². The Balaban J connectivity index is 0. The van der Waals surface area contributed by atoms with Gasteiger partial charge in [0.1, 0.15) is 0 Å². The third-order valence-electron chi connectivity index (χ3n) is 0.874. The summed E-state index contributed by atoms with van der Waals surface area (Å²) in [6, 6.07) is 0. The van der Waals surface area contributed by atoms with Gasteiger partial charge in [0.15, 0.2) is 0 Å². The monoisotopic (exact) mass is 376 g/mol. The van der Waals surface area contributed by atoms with Crippen LogP contribution in [0.4, 0.5) is 13.2 Å². The predicted octanol–water partition coefficient (Wildman–Crippen LogP) is -3.73. The van der Waals surface area contributed by atoms with E-state index in [2.05, 4.69) is 25.9 Å². The number of halogens is 5. The van der Waals surface area contributed by atoms with E-state index in [1.165, 1.54) is 0 Å². The Bertz CT molecular complexity index is 253. The number of alkyl halides is 3. The van der Waals surface area contributed by atoms with Crippen LogP contribution in [0, 0.1) is 0 Å². The van der Waals surface area contributed by atoms with E-state index in [-0.39, 0.29) is 53.5 Å². The molecule has 0 aliphatic rings. The molecule has 1 rings (SSSR count). The van der Waals surface area contributed by atoms with Crippen LogP contribution in [0.2, 0.25) is 0 Å². The van der Waals surface area contributed by atoms with Gasteiger partial charge in [-0.3, -0.25) is 0 Å². The van der Waals surface area contributed by atoms with Crippen molar-refractivity contribution in [2.75, 3.05) is 0 Å².